The van der Waals surface area contributed by atoms with Crippen LogP contribution in [0.4, 0.5) is 13.2 Å². The fourth-order valence-corrected chi connectivity index (χ4v) is 2.49. The molecule has 0 spiro atoms. The van der Waals surface area contributed by atoms with Gasteiger partial charge in [0.2, 0.25) is 5.91 Å². The minimum absolute atomic E-state index is 0. The van der Waals surface area contributed by atoms with Crippen molar-refractivity contribution in [1.82, 2.24) is 4.90 Å². The Morgan fingerprint density at radius 2 is 1.91 bits per heavy atom. The SMILES string of the molecule is CC1CN(C(=O)Cc2ccc(C(F)(F)F)cc2)CCC1N.Cl. The highest BCUT2D eigenvalue weighted by atomic mass is 35.5. The summed E-state index contributed by atoms with van der Waals surface area (Å²) in [6.07, 6.45) is -3.46. The summed E-state index contributed by atoms with van der Waals surface area (Å²) in [6.45, 7) is 3.23. The lowest BCUT2D eigenvalue weighted by atomic mass is 9.94. The minimum atomic E-state index is -4.35. The molecule has 0 saturated carbocycles. The van der Waals surface area contributed by atoms with Gasteiger partial charge in [0, 0.05) is 19.1 Å². The molecule has 1 aliphatic heterocycles. The van der Waals surface area contributed by atoms with Crippen molar-refractivity contribution >= 4 is 18.3 Å². The molecule has 0 bridgehead atoms. The van der Waals surface area contributed by atoms with Gasteiger partial charge in [0.15, 0.2) is 0 Å². The first-order chi connectivity index (χ1) is 9.77. The summed E-state index contributed by atoms with van der Waals surface area (Å²) < 4.78 is 37.4. The van der Waals surface area contributed by atoms with Crippen molar-refractivity contribution in [3.8, 4) is 0 Å². The molecular weight excluding hydrogens is 317 g/mol. The van der Waals surface area contributed by atoms with Crippen LogP contribution in [0.25, 0.3) is 0 Å². The fraction of sp³-hybridized carbons (Fsp3) is 0.533. The molecule has 0 aromatic heterocycles. The van der Waals surface area contributed by atoms with Crippen molar-refractivity contribution in [2.45, 2.75) is 32.0 Å². The van der Waals surface area contributed by atoms with Crippen molar-refractivity contribution in [3.63, 3.8) is 0 Å². The molecule has 2 atom stereocenters. The summed E-state index contributed by atoms with van der Waals surface area (Å²) >= 11 is 0. The Morgan fingerprint density at radius 1 is 1.32 bits per heavy atom. The lowest BCUT2D eigenvalue weighted by molar-refractivity contribution is -0.137. The molecule has 124 valence electrons. The third kappa shape index (κ3) is 4.61. The lowest BCUT2D eigenvalue weighted by Gasteiger charge is -2.35. The molecular formula is C15H20ClF3N2O. The van der Waals surface area contributed by atoms with Gasteiger partial charge in [0.25, 0.3) is 0 Å². The van der Waals surface area contributed by atoms with Crippen LogP contribution in [-0.4, -0.2) is 29.9 Å². The predicted octanol–water partition coefficient (Wildman–Crippen LogP) is 2.87. The highest BCUT2D eigenvalue weighted by molar-refractivity contribution is 5.85. The fourth-order valence-electron chi connectivity index (χ4n) is 2.49. The van der Waals surface area contributed by atoms with Gasteiger partial charge in [-0.25, -0.2) is 0 Å². The third-order valence-electron chi connectivity index (χ3n) is 3.96. The molecule has 0 radical (unpaired) electrons. The highest BCUT2D eigenvalue weighted by Gasteiger charge is 2.30. The van der Waals surface area contributed by atoms with Crippen LogP contribution in [0.3, 0.4) is 0 Å². The Hall–Kier alpha value is -1.27. The maximum Gasteiger partial charge on any atom is 0.416 e. The molecule has 1 aliphatic rings. The second kappa shape index (κ2) is 7.33. The van der Waals surface area contributed by atoms with Gasteiger partial charge in [-0.3, -0.25) is 4.79 Å². The number of hydrogen-bond donors (Lipinski definition) is 1. The zero-order chi connectivity index (χ0) is 15.6. The lowest BCUT2D eigenvalue weighted by Crippen LogP contribution is -2.48. The number of nitrogens with two attached hydrogens (primary N) is 1. The number of alkyl halides is 3. The second-order valence-electron chi connectivity index (χ2n) is 5.64. The molecule has 22 heavy (non-hydrogen) atoms. The Labute approximate surface area is 134 Å². The molecule has 0 aliphatic carbocycles. The number of carbonyl (C=O) groups excluding carboxylic acids is 1. The third-order valence-corrected chi connectivity index (χ3v) is 3.96. The summed E-state index contributed by atoms with van der Waals surface area (Å²) in [5, 5.41) is 0. The topological polar surface area (TPSA) is 46.3 Å². The van der Waals surface area contributed by atoms with Crippen LogP contribution in [0.15, 0.2) is 24.3 Å². The van der Waals surface area contributed by atoms with Gasteiger partial charge >= 0.3 is 6.18 Å². The van der Waals surface area contributed by atoms with E-state index >= 15 is 0 Å². The number of nitrogens with zero attached hydrogens (tertiary/aromatic N) is 1. The number of rotatable bonds is 2. The van der Waals surface area contributed by atoms with Crippen LogP contribution in [0.5, 0.6) is 0 Å². The minimum Gasteiger partial charge on any atom is -0.342 e. The van der Waals surface area contributed by atoms with E-state index in [-0.39, 0.29) is 36.7 Å². The Bertz CT molecular complexity index is 505. The average Bonchev–Trinajstić information content (AvgIpc) is 2.41. The molecule has 1 aromatic carbocycles. The molecule has 7 heteroatoms. The molecule has 1 aromatic rings. The Morgan fingerprint density at radius 3 is 2.41 bits per heavy atom. The quantitative estimate of drug-likeness (QED) is 0.902. The second-order valence-corrected chi connectivity index (χ2v) is 5.64. The van der Waals surface area contributed by atoms with E-state index in [9.17, 15) is 18.0 Å². The number of piperidine rings is 1. The van der Waals surface area contributed by atoms with Crippen LogP contribution in [-0.2, 0) is 17.4 Å². The largest absolute Gasteiger partial charge is 0.416 e. The molecule has 1 fully saturated rings. The van der Waals surface area contributed by atoms with Crippen molar-refractivity contribution in [2.75, 3.05) is 13.1 Å². The number of amides is 1. The van der Waals surface area contributed by atoms with E-state index in [1.165, 1.54) is 12.1 Å². The van der Waals surface area contributed by atoms with E-state index in [1.54, 1.807) is 4.90 Å². The van der Waals surface area contributed by atoms with E-state index < -0.39 is 11.7 Å². The van der Waals surface area contributed by atoms with E-state index in [4.69, 9.17) is 5.73 Å². The smallest absolute Gasteiger partial charge is 0.342 e. The molecule has 3 nitrogen and oxygen atoms in total. The molecule has 2 unspecified atom stereocenters. The Balaban J connectivity index is 0.00000242. The summed E-state index contributed by atoms with van der Waals surface area (Å²) in [7, 11) is 0. The van der Waals surface area contributed by atoms with Gasteiger partial charge in [-0.1, -0.05) is 19.1 Å². The normalized spacial score (nSPS) is 22.1. The standard InChI is InChI=1S/C15H19F3N2O.ClH/c1-10-9-20(7-6-13(10)19)14(21)8-11-2-4-12(5-3-11)15(16,17)18;/h2-5,10,13H,6-9,19H2,1H3;1H. The van der Waals surface area contributed by atoms with Gasteiger partial charge in [-0.2, -0.15) is 13.2 Å². The summed E-state index contributed by atoms with van der Waals surface area (Å²) in [4.78, 5) is 13.9. The van der Waals surface area contributed by atoms with Crippen molar-refractivity contribution in [3.05, 3.63) is 35.4 Å². The van der Waals surface area contributed by atoms with Crippen LogP contribution in [0.1, 0.15) is 24.5 Å². The van der Waals surface area contributed by atoms with Gasteiger partial charge in [-0.15, -0.1) is 12.4 Å². The van der Waals surface area contributed by atoms with E-state index in [0.717, 1.165) is 18.6 Å². The first kappa shape index (κ1) is 18.8. The van der Waals surface area contributed by atoms with Crippen LogP contribution >= 0.6 is 12.4 Å². The zero-order valence-corrected chi connectivity index (χ0v) is 13.1. The molecule has 1 heterocycles. The van der Waals surface area contributed by atoms with Crippen LogP contribution in [0.2, 0.25) is 0 Å². The number of likely N-dealkylation sites (tertiary alicyclic amines) is 1. The van der Waals surface area contributed by atoms with E-state index in [2.05, 4.69) is 0 Å². The van der Waals surface area contributed by atoms with E-state index in [1.807, 2.05) is 6.92 Å². The van der Waals surface area contributed by atoms with Gasteiger partial charge in [0.1, 0.15) is 0 Å². The first-order valence-corrected chi connectivity index (χ1v) is 6.97. The van der Waals surface area contributed by atoms with Crippen LogP contribution in [0, 0.1) is 5.92 Å². The first-order valence-electron chi connectivity index (χ1n) is 6.97. The van der Waals surface area contributed by atoms with E-state index in [0.29, 0.717) is 18.7 Å². The summed E-state index contributed by atoms with van der Waals surface area (Å²) in [5.41, 5.74) is 5.80. The van der Waals surface area contributed by atoms with Crippen LogP contribution < -0.4 is 5.73 Å². The number of benzene rings is 1. The van der Waals surface area contributed by atoms with Gasteiger partial charge in [0.05, 0.1) is 12.0 Å². The predicted molar refractivity (Wildman–Crippen MR) is 80.7 cm³/mol. The average molecular weight is 337 g/mol. The molecule has 1 saturated heterocycles. The highest BCUT2D eigenvalue weighted by Crippen LogP contribution is 2.29. The zero-order valence-electron chi connectivity index (χ0n) is 12.3. The monoisotopic (exact) mass is 336 g/mol. The summed E-state index contributed by atoms with van der Waals surface area (Å²) in [6, 6.07) is 4.86. The number of carbonyl (C=O) groups is 1. The Kier molecular flexibility index (Phi) is 6.26. The van der Waals surface area contributed by atoms with Gasteiger partial charge < -0.3 is 10.6 Å². The van der Waals surface area contributed by atoms with Crippen molar-refractivity contribution < 1.29 is 18.0 Å². The van der Waals surface area contributed by atoms with Gasteiger partial charge in [-0.05, 0) is 30.0 Å². The molecule has 2 N–H and O–H groups in total. The molecule has 1 amide bonds. The van der Waals surface area contributed by atoms with Crippen molar-refractivity contribution in [2.24, 2.45) is 11.7 Å². The number of hydrogen-bond acceptors (Lipinski definition) is 2. The van der Waals surface area contributed by atoms with Crippen molar-refractivity contribution in [1.29, 1.82) is 0 Å². The number of halogens is 4. The maximum atomic E-state index is 12.5. The maximum absolute atomic E-state index is 12.5. The molecule has 2 rings (SSSR count). The summed E-state index contributed by atoms with van der Waals surface area (Å²) in [5.74, 6) is 0.184.